The van der Waals surface area contributed by atoms with E-state index in [0.29, 0.717) is 0 Å². The van der Waals surface area contributed by atoms with Crippen LogP contribution in [0.2, 0.25) is 0 Å². The molecule has 1 atom stereocenters. The molecule has 0 aromatic carbocycles. The number of nitrogens with zero attached hydrogens (tertiary/aromatic N) is 3. The van der Waals surface area contributed by atoms with Crippen molar-refractivity contribution < 1.29 is 4.79 Å². The van der Waals surface area contributed by atoms with E-state index in [2.05, 4.69) is 34.6 Å². The van der Waals surface area contributed by atoms with E-state index in [9.17, 15) is 4.79 Å². The highest BCUT2D eigenvalue weighted by Gasteiger charge is 2.20. The van der Waals surface area contributed by atoms with E-state index in [1.54, 1.807) is 12.4 Å². The fourth-order valence-electron chi connectivity index (χ4n) is 2.69. The van der Waals surface area contributed by atoms with Gasteiger partial charge in [-0.1, -0.05) is 6.42 Å². The van der Waals surface area contributed by atoms with Crippen LogP contribution in [0.4, 0.5) is 5.69 Å². The number of amides is 1. The van der Waals surface area contributed by atoms with E-state index in [-0.39, 0.29) is 18.0 Å². The highest BCUT2D eigenvalue weighted by atomic mass is 16.2. The van der Waals surface area contributed by atoms with E-state index in [0.717, 1.165) is 42.5 Å². The van der Waals surface area contributed by atoms with Crippen molar-refractivity contribution in [3.63, 3.8) is 0 Å². The molecule has 0 saturated carbocycles. The maximum absolute atomic E-state index is 12.2. The first-order valence-corrected chi connectivity index (χ1v) is 7.52. The van der Waals surface area contributed by atoms with Crippen molar-refractivity contribution >= 4 is 22.6 Å². The molecule has 3 rings (SSSR count). The number of anilines is 1. The van der Waals surface area contributed by atoms with E-state index in [1.165, 1.54) is 0 Å². The van der Waals surface area contributed by atoms with Crippen LogP contribution in [0.1, 0.15) is 39.2 Å². The quantitative estimate of drug-likeness (QED) is 0.906. The zero-order valence-electron chi connectivity index (χ0n) is 12.5. The van der Waals surface area contributed by atoms with Crippen molar-refractivity contribution in [2.75, 3.05) is 11.9 Å². The van der Waals surface area contributed by atoms with Crippen LogP contribution in [0.25, 0.3) is 11.0 Å². The molecule has 6 heteroatoms. The summed E-state index contributed by atoms with van der Waals surface area (Å²) in [4.78, 5) is 16.6. The molecule has 2 aromatic heterocycles. The third-order valence-corrected chi connectivity index (χ3v) is 3.82. The van der Waals surface area contributed by atoms with Crippen LogP contribution in [0.15, 0.2) is 18.5 Å². The second-order valence-corrected chi connectivity index (χ2v) is 5.81. The summed E-state index contributed by atoms with van der Waals surface area (Å²) in [6.45, 7) is 5.05. The van der Waals surface area contributed by atoms with Crippen LogP contribution in [0.3, 0.4) is 0 Å². The SMILES string of the molecule is CC(C)n1ncc2cc(NC(=O)C3CCCCN3)cnc21. The standard InChI is InChI=1S/C15H21N5O/c1-10(2)20-14-11(8-18-20)7-12(9-17-14)19-15(21)13-5-3-4-6-16-13/h7-10,13,16H,3-6H2,1-2H3,(H,19,21). The van der Waals surface area contributed by atoms with Gasteiger partial charge in [0.05, 0.1) is 24.1 Å². The van der Waals surface area contributed by atoms with Crippen molar-refractivity contribution in [2.45, 2.75) is 45.2 Å². The minimum absolute atomic E-state index is 0.0205. The molecule has 1 unspecified atom stereocenters. The topological polar surface area (TPSA) is 71.8 Å². The van der Waals surface area contributed by atoms with Crippen molar-refractivity contribution in [3.8, 4) is 0 Å². The molecule has 1 aliphatic rings. The van der Waals surface area contributed by atoms with Crippen molar-refractivity contribution in [1.29, 1.82) is 0 Å². The summed E-state index contributed by atoms with van der Waals surface area (Å²) in [7, 11) is 0. The monoisotopic (exact) mass is 287 g/mol. The summed E-state index contributed by atoms with van der Waals surface area (Å²) in [5.74, 6) is 0.0205. The van der Waals surface area contributed by atoms with Gasteiger partial charge in [-0.05, 0) is 39.3 Å². The van der Waals surface area contributed by atoms with Gasteiger partial charge in [-0.25, -0.2) is 9.67 Å². The third-order valence-electron chi connectivity index (χ3n) is 3.82. The van der Waals surface area contributed by atoms with E-state index >= 15 is 0 Å². The second kappa shape index (κ2) is 5.81. The van der Waals surface area contributed by atoms with E-state index in [4.69, 9.17) is 0 Å². The Hall–Kier alpha value is -1.95. The summed E-state index contributed by atoms with van der Waals surface area (Å²) in [5.41, 5.74) is 1.57. The lowest BCUT2D eigenvalue weighted by molar-refractivity contribution is -0.118. The number of carbonyl (C=O) groups excluding carboxylic acids is 1. The van der Waals surface area contributed by atoms with Gasteiger partial charge in [-0.15, -0.1) is 0 Å². The fourth-order valence-corrected chi connectivity index (χ4v) is 2.69. The number of nitrogens with one attached hydrogen (secondary N) is 2. The van der Waals surface area contributed by atoms with Gasteiger partial charge in [0.2, 0.25) is 5.91 Å². The molecule has 112 valence electrons. The molecule has 0 radical (unpaired) electrons. The number of carbonyl (C=O) groups is 1. The summed E-state index contributed by atoms with van der Waals surface area (Å²) in [6.07, 6.45) is 6.63. The first-order valence-electron chi connectivity index (χ1n) is 7.52. The molecular weight excluding hydrogens is 266 g/mol. The van der Waals surface area contributed by atoms with Crippen LogP contribution in [0, 0.1) is 0 Å². The van der Waals surface area contributed by atoms with Crippen LogP contribution < -0.4 is 10.6 Å². The number of rotatable bonds is 3. The Bertz CT molecular complexity index is 643. The lowest BCUT2D eigenvalue weighted by atomic mass is 10.0. The van der Waals surface area contributed by atoms with Crippen molar-refractivity contribution in [1.82, 2.24) is 20.1 Å². The Kier molecular flexibility index (Phi) is 3.88. The van der Waals surface area contributed by atoms with Gasteiger partial charge in [0, 0.05) is 11.4 Å². The van der Waals surface area contributed by atoms with Gasteiger partial charge in [-0.2, -0.15) is 5.10 Å². The Morgan fingerprint density at radius 1 is 1.43 bits per heavy atom. The number of piperidine rings is 1. The van der Waals surface area contributed by atoms with Gasteiger partial charge in [0.15, 0.2) is 5.65 Å². The Morgan fingerprint density at radius 3 is 3.00 bits per heavy atom. The maximum Gasteiger partial charge on any atom is 0.241 e. The minimum atomic E-state index is -0.0900. The normalized spacial score (nSPS) is 19.1. The molecular formula is C15H21N5O. The maximum atomic E-state index is 12.2. The largest absolute Gasteiger partial charge is 0.323 e. The molecule has 6 nitrogen and oxygen atoms in total. The summed E-state index contributed by atoms with van der Waals surface area (Å²) < 4.78 is 1.88. The van der Waals surface area contributed by atoms with Gasteiger partial charge in [0.1, 0.15) is 0 Å². The van der Waals surface area contributed by atoms with E-state index < -0.39 is 0 Å². The van der Waals surface area contributed by atoms with Crippen molar-refractivity contribution in [2.24, 2.45) is 0 Å². The molecule has 2 aromatic rings. The molecule has 1 amide bonds. The lowest BCUT2D eigenvalue weighted by Gasteiger charge is -2.22. The molecule has 21 heavy (non-hydrogen) atoms. The summed E-state index contributed by atoms with van der Waals surface area (Å²) >= 11 is 0. The molecule has 1 saturated heterocycles. The Labute approximate surface area is 123 Å². The molecule has 1 aliphatic heterocycles. The van der Waals surface area contributed by atoms with Crippen LogP contribution in [-0.2, 0) is 4.79 Å². The zero-order valence-corrected chi connectivity index (χ0v) is 12.5. The first-order chi connectivity index (χ1) is 10.1. The highest BCUT2D eigenvalue weighted by molar-refractivity contribution is 5.96. The number of hydrogen-bond acceptors (Lipinski definition) is 4. The average Bonchev–Trinajstić information content (AvgIpc) is 2.91. The summed E-state index contributed by atoms with van der Waals surface area (Å²) in [5, 5.41) is 11.5. The number of hydrogen-bond donors (Lipinski definition) is 2. The molecule has 3 heterocycles. The number of fused-ring (bicyclic) bond motifs is 1. The average molecular weight is 287 g/mol. The smallest absolute Gasteiger partial charge is 0.241 e. The van der Waals surface area contributed by atoms with Crippen LogP contribution in [-0.4, -0.2) is 33.3 Å². The second-order valence-electron chi connectivity index (χ2n) is 5.81. The van der Waals surface area contributed by atoms with E-state index in [1.807, 2.05) is 10.7 Å². The molecule has 2 N–H and O–H groups in total. The van der Waals surface area contributed by atoms with Crippen LogP contribution >= 0.6 is 0 Å². The fraction of sp³-hybridized carbons (Fsp3) is 0.533. The first kappa shape index (κ1) is 14.0. The van der Waals surface area contributed by atoms with Gasteiger partial charge in [-0.3, -0.25) is 4.79 Å². The highest BCUT2D eigenvalue weighted by Crippen LogP contribution is 2.19. The summed E-state index contributed by atoms with van der Waals surface area (Å²) in [6, 6.07) is 2.10. The van der Waals surface area contributed by atoms with Crippen molar-refractivity contribution in [3.05, 3.63) is 18.5 Å². The molecule has 0 bridgehead atoms. The Morgan fingerprint density at radius 2 is 2.29 bits per heavy atom. The van der Waals surface area contributed by atoms with Gasteiger partial charge < -0.3 is 10.6 Å². The zero-order chi connectivity index (χ0) is 14.8. The molecule has 1 fully saturated rings. The van der Waals surface area contributed by atoms with Crippen LogP contribution in [0.5, 0.6) is 0 Å². The third kappa shape index (κ3) is 2.90. The molecule has 0 aliphatic carbocycles. The lowest BCUT2D eigenvalue weighted by Crippen LogP contribution is -2.43. The van der Waals surface area contributed by atoms with Gasteiger partial charge in [0.25, 0.3) is 0 Å². The predicted octanol–water partition coefficient (Wildman–Crippen LogP) is 2.09. The Balaban J connectivity index is 1.76. The molecule has 0 spiro atoms. The number of pyridine rings is 1. The van der Waals surface area contributed by atoms with Gasteiger partial charge >= 0.3 is 0 Å². The number of aromatic nitrogens is 3. The predicted molar refractivity (Wildman–Crippen MR) is 82.2 cm³/mol. The minimum Gasteiger partial charge on any atom is -0.323 e.